The van der Waals surface area contributed by atoms with E-state index in [1.165, 1.54) is 6.20 Å². The molecule has 0 aliphatic carbocycles. The van der Waals surface area contributed by atoms with Crippen molar-refractivity contribution in [2.45, 2.75) is 5.03 Å². The molecule has 5 nitrogen and oxygen atoms in total. The molecule has 6 heteroatoms. The maximum Gasteiger partial charge on any atom is 0.371 e. The number of H-pyrrole nitrogens is 1. The Hall–Kier alpha value is -2.21. The Bertz CT molecular complexity index is 571. The fraction of sp³-hybridized carbons (Fsp3) is 0. The van der Waals surface area contributed by atoms with Crippen LogP contribution >= 0.6 is 10.9 Å². The topological polar surface area (TPSA) is 90.4 Å². The molecule has 0 amide bonds. The monoisotopic (exact) mass is 265 g/mol. The summed E-state index contributed by atoms with van der Waals surface area (Å²) < 4.78 is 0. The van der Waals surface area contributed by atoms with Gasteiger partial charge in [0.2, 0.25) is 5.76 Å². The summed E-state index contributed by atoms with van der Waals surface area (Å²) in [5.41, 5.74) is 0.328. The van der Waals surface area contributed by atoms with Crippen LogP contribution in [0.25, 0.3) is 0 Å². The zero-order chi connectivity index (χ0) is 13.1. The van der Waals surface area contributed by atoms with Gasteiger partial charge in [0, 0.05) is 17.8 Å². The van der Waals surface area contributed by atoms with E-state index in [-0.39, 0.29) is 0 Å². The number of hydrogen-bond donors (Lipinski definition) is 4. The van der Waals surface area contributed by atoms with Crippen molar-refractivity contribution in [1.82, 2.24) is 4.98 Å². The predicted molar refractivity (Wildman–Crippen MR) is 69.0 cm³/mol. The summed E-state index contributed by atoms with van der Waals surface area (Å²) in [4.78, 5) is 25.0. The number of hydrogen-bond acceptors (Lipinski definition) is 3. The van der Waals surface area contributed by atoms with Gasteiger partial charge < -0.3 is 15.2 Å². The molecule has 0 atom stereocenters. The van der Waals surface area contributed by atoms with E-state index >= 15 is 0 Å². The van der Waals surface area contributed by atoms with Crippen LogP contribution in [0.2, 0.25) is 0 Å². The fourth-order valence-electron chi connectivity index (χ4n) is 1.44. The second-order valence-corrected chi connectivity index (χ2v) is 5.46. The standard InChI is InChI=1S/C12H11NO4S/c14-9(6-10(15)12(16)17)8-5-11(13-7-8)18-3-1-2-4-18/h1-7,13,15,18H,(H,16,17). The van der Waals surface area contributed by atoms with Gasteiger partial charge in [-0.15, -0.1) is 0 Å². The molecule has 0 radical (unpaired) electrons. The molecule has 1 aliphatic rings. The van der Waals surface area contributed by atoms with Crippen LogP contribution < -0.4 is 0 Å². The van der Waals surface area contributed by atoms with E-state index in [0.29, 0.717) is 11.6 Å². The average Bonchev–Trinajstić information content (AvgIpc) is 2.99. The Balaban J connectivity index is 2.17. The van der Waals surface area contributed by atoms with Gasteiger partial charge in [0.15, 0.2) is 5.78 Å². The molecule has 0 aromatic carbocycles. The number of aromatic amines is 1. The maximum atomic E-state index is 11.6. The van der Waals surface area contributed by atoms with Crippen LogP contribution in [-0.2, 0) is 4.79 Å². The third-order valence-electron chi connectivity index (χ3n) is 2.32. The largest absolute Gasteiger partial charge is 0.502 e. The van der Waals surface area contributed by atoms with Crippen LogP contribution in [0.1, 0.15) is 10.4 Å². The van der Waals surface area contributed by atoms with Crippen molar-refractivity contribution in [3.63, 3.8) is 0 Å². The van der Waals surface area contributed by atoms with Gasteiger partial charge in [0.05, 0.1) is 5.03 Å². The first-order valence-corrected chi connectivity index (χ1v) is 6.56. The summed E-state index contributed by atoms with van der Waals surface area (Å²) in [5, 5.41) is 22.4. The van der Waals surface area contributed by atoms with E-state index < -0.39 is 28.4 Å². The van der Waals surface area contributed by atoms with Gasteiger partial charge in [0.25, 0.3) is 0 Å². The van der Waals surface area contributed by atoms with E-state index in [1.54, 1.807) is 6.07 Å². The maximum absolute atomic E-state index is 11.6. The molecule has 0 saturated heterocycles. The summed E-state index contributed by atoms with van der Waals surface area (Å²) in [6.07, 6.45) is 6.07. The molecule has 2 rings (SSSR count). The van der Waals surface area contributed by atoms with Gasteiger partial charge in [-0.25, -0.2) is 4.79 Å². The minimum Gasteiger partial charge on any atom is -0.502 e. The third-order valence-corrected chi connectivity index (χ3v) is 4.12. The van der Waals surface area contributed by atoms with Crippen molar-refractivity contribution in [3.8, 4) is 0 Å². The summed E-state index contributed by atoms with van der Waals surface area (Å²) >= 11 is 0. The van der Waals surface area contributed by atoms with Crippen molar-refractivity contribution in [1.29, 1.82) is 0 Å². The van der Waals surface area contributed by atoms with Gasteiger partial charge >= 0.3 is 5.97 Å². The lowest BCUT2D eigenvalue weighted by atomic mass is 10.2. The highest BCUT2D eigenvalue weighted by Crippen LogP contribution is 2.41. The number of carboxylic acid groups (broad SMARTS) is 1. The van der Waals surface area contributed by atoms with Crippen molar-refractivity contribution in [2.75, 3.05) is 0 Å². The molecule has 0 unspecified atom stereocenters. The molecule has 18 heavy (non-hydrogen) atoms. The van der Waals surface area contributed by atoms with Crippen molar-refractivity contribution in [3.05, 3.63) is 52.6 Å². The smallest absolute Gasteiger partial charge is 0.371 e. The number of rotatable bonds is 4. The van der Waals surface area contributed by atoms with Crippen LogP contribution in [-0.4, -0.2) is 26.9 Å². The minimum absolute atomic E-state index is 0.328. The van der Waals surface area contributed by atoms with Crippen molar-refractivity contribution in [2.24, 2.45) is 0 Å². The first-order valence-electron chi connectivity index (χ1n) is 5.08. The first kappa shape index (κ1) is 12.3. The number of aliphatic hydroxyl groups excluding tert-OH is 1. The Morgan fingerprint density at radius 2 is 1.89 bits per heavy atom. The Morgan fingerprint density at radius 3 is 2.50 bits per heavy atom. The number of aliphatic hydroxyl groups is 1. The zero-order valence-electron chi connectivity index (χ0n) is 9.20. The SMILES string of the molecule is O=C(O)C(O)=CC(=O)c1c[nH]c([SH]2C=CC=C2)c1. The zero-order valence-corrected chi connectivity index (χ0v) is 10.1. The third kappa shape index (κ3) is 2.54. The second kappa shape index (κ2) is 4.97. The normalized spacial score (nSPS) is 16.2. The number of ketones is 1. The number of nitrogens with one attached hydrogen (secondary N) is 1. The lowest BCUT2D eigenvalue weighted by Gasteiger charge is -2.05. The number of allylic oxidation sites excluding steroid dienone is 3. The van der Waals surface area contributed by atoms with Gasteiger partial charge in [-0.2, -0.15) is 10.9 Å². The molecular formula is C12H11NO4S. The van der Waals surface area contributed by atoms with Crippen LogP contribution in [0.3, 0.4) is 0 Å². The summed E-state index contributed by atoms with van der Waals surface area (Å²) in [6.45, 7) is 0. The van der Waals surface area contributed by atoms with E-state index in [9.17, 15) is 9.59 Å². The van der Waals surface area contributed by atoms with Crippen molar-refractivity contribution < 1.29 is 19.8 Å². The molecule has 0 bridgehead atoms. The van der Waals surface area contributed by atoms with Gasteiger partial charge in [0.1, 0.15) is 0 Å². The number of carbonyl (C=O) groups is 2. The summed E-state index contributed by atoms with van der Waals surface area (Å²) in [5.74, 6) is -3.03. The van der Waals surface area contributed by atoms with Crippen molar-refractivity contribution >= 4 is 22.6 Å². The number of carbonyl (C=O) groups excluding carboxylic acids is 1. The Labute approximate surface area is 105 Å². The molecule has 3 N–H and O–H groups in total. The predicted octanol–water partition coefficient (Wildman–Crippen LogP) is 2.12. The summed E-state index contributed by atoms with van der Waals surface area (Å²) in [6, 6.07) is 1.67. The highest BCUT2D eigenvalue weighted by atomic mass is 32.2. The molecule has 0 spiro atoms. The highest BCUT2D eigenvalue weighted by Gasteiger charge is 2.12. The fourth-order valence-corrected chi connectivity index (χ4v) is 2.93. The minimum atomic E-state index is -1.52. The van der Waals surface area contributed by atoms with Crippen LogP contribution in [0.4, 0.5) is 0 Å². The first-order chi connectivity index (χ1) is 8.58. The Kier molecular flexibility index (Phi) is 3.38. The van der Waals surface area contributed by atoms with E-state index in [1.807, 2.05) is 23.0 Å². The molecule has 1 aliphatic heterocycles. The lowest BCUT2D eigenvalue weighted by molar-refractivity contribution is -0.135. The molecule has 1 aromatic rings. The number of aliphatic carboxylic acids is 1. The Morgan fingerprint density at radius 1 is 1.22 bits per heavy atom. The van der Waals surface area contributed by atoms with Crippen LogP contribution in [0.15, 0.2) is 52.1 Å². The number of carboxylic acids is 1. The highest BCUT2D eigenvalue weighted by molar-refractivity contribution is 8.22. The van der Waals surface area contributed by atoms with Gasteiger partial charge in [-0.3, -0.25) is 4.79 Å². The molecule has 0 saturated carbocycles. The van der Waals surface area contributed by atoms with E-state index in [4.69, 9.17) is 10.2 Å². The quantitative estimate of drug-likeness (QED) is 0.290. The van der Waals surface area contributed by atoms with E-state index in [0.717, 1.165) is 5.03 Å². The average molecular weight is 265 g/mol. The molecule has 0 fully saturated rings. The van der Waals surface area contributed by atoms with Crippen LogP contribution in [0.5, 0.6) is 0 Å². The van der Waals surface area contributed by atoms with Gasteiger partial charge in [-0.1, -0.05) is 12.2 Å². The van der Waals surface area contributed by atoms with E-state index in [2.05, 4.69) is 4.98 Å². The molecular weight excluding hydrogens is 254 g/mol. The second-order valence-electron chi connectivity index (χ2n) is 3.56. The number of thiol groups is 1. The number of aromatic nitrogens is 1. The van der Waals surface area contributed by atoms with Crippen LogP contribution in [0, 0.1) is 0 Å². The molecule has 2 heterocycles. The molecule has 94 valence electrons. The molecule has 1 aromatic heterocycles. The lowest BCUT2D eigenvalue weighted by Crippen LogP contribution is -2.03. The van der Waals surface area contributed by atoms with Gasteiger partial charge in [-0.05, 0) is 16.9 Å². The summed E-state index contributed by atoms with van der Waals surface area (Å²) in [7, 11) is -0.545.